The van der Waals surface area contributed by atoms with Crippen LogP contribution in [0.15, 0.2) is 0 Å². The maximum Gasteiger partial charge on any atom is 0.307 e. The fraction of sp³-hybridized carbons (Fsp3) is 0.857. The van der Waals surface area contributed by atoms with Gasteiger partial charge in [0.2, 0.25) is 5.91 Å². The number of aliphatic carboxylic acids is 1. The van der Waals surface area contributed by atoms with Gasteiger partial charge in [-0.15, -0.1) is 0 Å². The van der Waals surface area contributed by atoms with E-state index in [2.05, 4.69) is 0 Å². The lowest BCUT2D eigenvalue weighted by atomic mass is 9.98. The number of carbonyl (C=O) groups is 2. The second kappa shape index (κ2) is 5.12. The molecule has 19 heavy (non-hydrogen) atoms. The predicted octanol–water partition coefficient (Wildman–Crippen LogP) is 1.23. The Kier molecular flexibility index (Phi) is 3.85. The van der Waals surface area contributed by atoms with Crippen molar-refractivity contribution < 1.29 is 19.4 Å². The van der Waals surface area contributed by atoms with Gasteiger partial charge in [-0.05, 0) is 24.2 Å². The van der Waals surface area contributed by atoms with Crippen molar-refractivity contribution in [3.05, 3.63) is 0 Å². The Labute approximate surface area is 113 Å². The Hall–Kier alpha value is -1.10. The number of carboxylic acids is 1. The third-order valence-corrected chi connectivity index (χ3v) is 4.59. The van der Waals surface area contributed by atoms with E-state index in [0.717, 1.165) is 19.4 Å². The molecular formula is C14H23NO4. The molecule has 3 atom stereocenters. The van der Waals surface area contributed by atoms with E-state index in [1.807, 2.05) is 18.7 Å². The van der Waals surface area contributed by atoms with Crippen LogP contribution in [-0.4, -0.2) is 48.7 Å². The van der Waals surface area contributed by atoms with Gasteiger partial charge in [0.25, 0.3) is 0 Å². The van der Waals surface area contributed by atoms with Gasteiger partial charge in [-0.2, -0.15) is 0 Å². The Morgan fingerprint density at radius 3 is 2.58 bits per heavy atom. The van der Waals surface area contributed by atoms with Gasteiger partial charge in [0, 0.05) is 20.2 Å². The number of carboxylic acid groups (broad SMARTS) is 1. The minimum Gasteiger partial charge on any atom is -0.481 e. The maximum absolute atomic E-state index is 12.5. The summed E-state index contributed by atoms with van der Waals surface area (Å²) in [6.07, 6.45) is 2.05. The van der Waals surface area contributed by atoms with Crippen molar-refractivity contribution in [2.45, 2.75) is 26.7 Å². The van der Waals surface area contributed by atoms with Crippen LogP contribution in [0.1, 0.15) is 26.7 Å². The molecule has 0 aromatic heterocycles. The molecule has 0 aromatic rings. The average molecular weight is 269 g/mol. The van der Waals surface area contributed by atoms with Crippen LogP contribution in [0.3, 0.4) is 0 Å². The maximum atomic E-state index is 12.5. The van der Waals surface area contributed by atoms with E-state index in [9.17, 15) is 9.59 Å². The molecule has 0 spiro atoms. The Bertz CT molecular complexity index is 378. The molecule has 0 radical (unpaired) electrons. The number of amides is 1. The SMILES string of the molecule is COCC1CCCN(C(=O)[C@H]2[C@@H](C(=O)O)C2(C)C)C1. The third kappa shape index (κ3) is 2.61. The highest BCUT2D eigenvalue weighted by Crippen LogP contribution is 2.59. The third-order valence-electron chi connectivity index (χ3n) is 4.59. The molecule has 1 aliphatic heterocycles. The van der Waals surface area contributed by atoms with Gasteiger partial charge in [-0.1, -0.05) is 13.8 Å². The van der Waals surface area contributed by atoms with E-state index < -0.39 is 17.3 Å². The molecule has 1 saturated heterocycles. The molecule has 1 aliphatic carbocycles. The smallest absolute Gasteiger partial charge is 0.307 e. The molecule has 5 nitrogen and oxygen atoms in total. The molecule has 2 aliphatic rings. The lowest BCUT2D eigenvalue weighted by molar-refractivity contribution is -0.142. The van der Waals surface area contributed by atoms with Crippen LogP contribution in [0.2, 0.25) is 0 Å². The number of rotatable bonds is 4. The monoisotopic (exact) mass is 269 g/mol. The van der Waals surface area contributed by atoms with Crippen LogP contribution < -0.4 is 0 Å². The summed E-state index contributed by atoms with van der Waals surface area (Å²) in [5.74, 6) is -1.34. The lowest BCUT2D eigenvalue weighted by Crippen LogP contribution is -2.42. The molecule has 1 heterocycles. The highest BCUT2D eigenvalue weighted by atomic mass is 16.5. The van der Waals surface area contributed by atoms with Crippen molar-refractivity contribution in [2.75, 3.05) is 26.8 Å². The van der Waals surface area contributed by atoms with Crippen molar-refractivity contribution >= 4 is 11.9 Å². The second-order valence-electron chi connectivity index (χ2n) is 6.36. The van der Waals surface area contributed by atoms with E-state index in [1.165, 1.54) is 0 Å². The summed E-state index contributed by atoms with van der Waals surface area (Å²) >= 11 is 0. The molecule has 0 aromatic carbocycles. The van der Waals surface area contributed by atoms with E-state index in [-0.39, 0.29) is 11.8 Å². The largest absolute Gasteiger partial charge is 0.481 e. The van der Waals surface area contributed by atoms with Crippen LogP contribution in [0.4, 0.5) is 0 Å². The molecular weight excluding hydrogens is 246 g/mol. The van der Waals surface area contributed by atoms with Gasteiger partial charge in [-0.25, -0.2) is 0 Å². The van der Waals surface area contributed by atoms with Gasteiger partial charge in [0.15, 0.2) is 0 Å². The minimum absolute atomic E-state index is 0.0122. The first kappa shape index (κ1) is 14.3. The number of likely N-dealkylation sites (tertiary alicyclic amines) is 1. The van der Waals surface area contributed by atoms with E-state index in [4.69, 9.17) is 9.84 Å². The number of carbonyl (C=O) groups excluding carboxylic acids is 1. The fourth-order valence-corrected chi connectivity index (χ4v) is 3.39. The molecule has 1 unspecified atom stereocenters. The average Bonchev–Trinajstić information content (AvgIpc) is 2.92. The van der Waals surface area contributed by atoms with Gasteiger partial charge in [0.05, 0.1) is 18.4 Å². The first-order valence-corrected chi connectivity index (χ1v) is 6.90. The molecule has 0 bridgehead atoms. The molecule has 1 saturated carbocycles. The normalized spacial score (nSPS) is 33.0. The van der Waals surface area contributed by atoms with Crippen molar-refractivity contribution in [2.24, 2.45) is 23.2 Å². The molecule has 1 N–H and O–H groups in total. The summed E-state index contributed by atoms with van der Waals surface area (Å²) in [5, 5.41) is 9.15. The Morgan fingerprint density at radius 1 is 1.37 bits per heavy atom. The number of hydrogen-bond acceptors (Lipinski definition) is 3. The van der Waals surface area contributed by atoms with Crippen LogP contribution in [0.5, 0.6) is 0 Å². The number of piperidine rings is 1. The number of ether oxygens (including phenoxy) is 1. The van der Waals surface area contributed by atoms with Crippen molar-refractivity contribution in [1.82, 2.24) is 4.90 Å². The van der Waals surface area contributed by atoms with Crippen molar-refractivity contribution in [3.63, 3.8) is 0 Å². The second-order valence-corrected chi connectivity index (χ2v) is 6.36. The van der Waals surface area contributed by atoms with Gasteiger partial charge in [-0.3, -0.25) is 9.59 Å². The summed E-state index contributed by atoms with van der Waals surface area (Å²) in [4.78, 5) is 25.4. The molecule has 2 rings (SSSR count). The molecule has 108 valence electrons. The summed E-state index contributed by atoms with van der Waals surface area (Å²) in [6.45, 7) is 5.85. The first-order valence-electron chi connectivity index (χ1n) is 6.90. The van der Waals surface area contributed by atoms with Crippen LogP contribution in [-0.2, 0) is 14.3 Å². The number of nitrogens with zero attached hydrogens (tertiary/aromatic N) is 1. The van der Waals surface area contributed by atoms with Crippen molar-refractivity contribution in [3.8, 4) is 0 Å². The van der Waals surface area contributed by atoms with Crippen LogP contribution >= 0.6 is 0 Å². The Morgan fingerprint density at radius 2 is 2.05 bits per heavy atom. The highest BCUT2D eigenvalue weighted by Gasteiger charge is 2.66. The van der Waals surface area contributed by atoms with E-state index in [1.54, 1.807) is 7.11 Å². The first-order chi connectivity index (χ1) is 8.89. The predicted molar refractivity (Wildman–Crippen MR) is 69.6 cm³/mol. The van der Waals surface area contributed by atoms with Crippen LogP contribution in [0, 0.1) is 23.2 Å². The van der Waals surface area contributed by atoms with Crippen LogP contribution in [0.25, 0.3) is 0 Å². The van der Waals surface area contributed by atoms with Gasteiger partial charge < -0.3 is 14.7 Å². The van der Waals surface area contributed by atoms with Gasteiger partial charge >= 0.3 is 5.97 Å². The summed E-state index contributed by atoms with van der Waals surface area (Å²) in [7, 11) is 1.67. The topological polar surface area (TPSA) is 66.8 Å². The lowest BCUT2D eigenvalue weighted by Gasteiger charge is -2.33. The number of methoxy groups -OCH3 is 1. The summed E-state index contributed by atoms with van der Waals surface area (Å²) in [6, 6.07) is 0. The molecule has 5 heteroatoms. The van der Waals surface area contributed by atoms with E-state index in [0.29, 0.717) is 19.1 Å². The quantitative estimate of drug-likeness (QED) is 0.833. The number of hydrogen-bond donors (Lipinski definition) is 1. The minimum atomic E-state index is -0.853. The van der Waals surface area contributed by atoms with Gasteiger partial charge in [0.1, 0.15) is 0 Å². The van der Waals surface area contributed by atoms with E-state index >= 15 is 0 Å². The Balaban J connectivity index is 1.99. The zero-order valence-electron chi connectivity index (χ0n) is 11.9. The zero-order chi connectivity index (χ0) is 14.2. The molecule has 1 amide bonds. The summed E-state index contributed by atoms with van der Waals surface area (Å²) < 4.78 is 5.15. The zero-order valence-corrected chi connectivity index (χ0v) is 11.9. The fourth-order valence-electron chi connectivity index (χ4n) is 3.39. The standard InChI is InChI=1S/C14H23NO4/c1-14(2)10(11(14)13(17)18)12(16)15-6-4-5-9(7-15)8-19-3/h9-11H,4-8H2,1-3H3,(H,17,18)/t9?,10-,11+/m1/s1. The highest BCUT2D eigenvalue weighted by molar-refractivity contribution is 5.91. The van der Waals surface area contributed by atoms with Crippen molar-refractivity contribution in [1.29, 1.82) is 0 Å². The summed E-state index contributed by atoms with van der Waals surface area (Å²) in [5.41, 5.74) is -0.406. The molecule has 2 fully saturated rings.